The van der Waals surface area contributed by atoms with Crippen LogP contribution in [0.3, 0.4) is 0 Å². The SMILES string of the molecule is COC(=O)C#CC1C2CCCN2C2(C(=O)Nc3c(F)cccc32)C1C(=O)OC. The first-order valence-electron chi connectivity index (χ1n) is 9.01. The lowest BCUT2D eigenvalue weighted by Gasteiger charge is -2.35. The van der Waals surface area contributed by atoms with Crippen LogP contribution < -0.4 is 5.32 Å². The number of amides is 1. The maximum atomic E-state index is 14.4. The Kier molecular flexibility index (Phi) is 4.35. The maximum Gasteiger partial charge on any atom is 0.384 e. The lowest BCUT2D eigenvalue weighted by Crippen LogP contribution is -2.53. The van der Waals surface area contributed by atoms with Crippen molar-refractivity contribution in [3.63, 3.8) is 0 Å². The van der Waals surface area contributed by atoms with Gasteiger partial charge in [-0.05, 0) is 25.5 Å². The topological polar surface area (TPSA) is 84.9 Å². The summed E-state index contributed by atoms with van der Waals surface area (Å²) in [4.78, 5) is 39.6. The molecule has 1 aromatic carbocycles. The average Bonchev–Trinajstić information content (AvgIpc) is 3.34. The monoisotopic (exact) mass is 386 g/mol. The molecule has 8 heteroatoms. The molecule has 3 aliphatic rings. The maximum absolute atomic E-state index is 14.4. The van der Waals surface area contributed by atoms with E-state index in [0.717, 1.165) is 6.42 Å². The Morgan fingerprint density at radius 2 is 2.11 bits per heavy atom. The van der Waals surface area contributed by atoms with Gasteiger partial charge < -0.3 is 14.8 Å². The summed E-state index contributed by atoms with van der Waals surface area (Å²) in [5.74, 6) is 1.24. The Labute approximate surface area is 161 Å². The second-order valence-electron chi connectivity index (χ2n) is 7.07. The van der Waals surface area contributed by atoms with Crippen LogP contribution in [0.25, 0.3) is 0 Å². The molecule has 0 saturated carbocycles. The van der Waals surface area contributed by atoms with Crippen LogP contribution in [0.1, 0.15) is 18.4 Å². The molecule has 0 bridgehead atoms. The van der Waals surface area contributed by atoms with Crippen LogP contribution in [0.5, 0.6) is 0 Å². The van der Waals surface area contributed by atoms with Gasteiger partial charge in [0, 0.05) is 17.5 Å². The van der Waals surface area contributed by atoms with E-state index in [0.29, 0.717) is 18.5 Å². The second-order valence-corrected chi connectivity index (χ2v) is 7.07. The quantitative estimate of drug-likeness (QED) is 0.441. The fourth-order valence-corrected chi connectivity index (χ4v) is 4.98. The summed E-state index contributed by atoms with van der Waals surface area (Å²) in [6.07, 6.45) is 1.50. The number of hydrogen-bond acceptors (Lipinski definition) is 6. The Bertz CT molecular complexity index is 936. The van der Waals surface area contributed by atoms with Crippen LogP contribution in [0.4, 0.5) is 10.1 Å². The number of anilines is 1. The van der Waals surface area contributed by atoms with Gasteiger partial charge in [0.25, 0.3) is 5.91 Å². The molecule has 28 heavy (non-hydrogen) atoms. The standard InChI is InChI=1S/C20H19FN2O5/c1-27-15(24)9-8-11-14-7-4-10-23(14)20(16(11)18(25)28-2)12-5-3-6-13(21)17(12)22-19(20)26/h3,5-6,11,14,16H,4,7,10H2,1-2H3,(H,22,26). The molecular weight excluding hydrogens is 367 g/mol. The smallest absolute Gasteiger partial charge is 0.384 e. The summed E-state index contributed by atoms with van der Waals surface area (Å²) in [7, 11) is 2.46. The van der Waals surface area contributed by atoms with E-state index in [1.165, 1.54) is 26.4 Å². The third kappa shape index (κ3) is 2.29. The molecule has 1 N–H and O–H groups in total. The van der Waals surface area contributed by atoms with Gasteiger partial charge in [-0.15, -0.1) is 0 Å². The minimum atomic E-state index is -1.42. The van der Waals surface area contributed by atoms with Crippen LogP contribution in [0.15, 0.2) is 18.2 Å². The number of esters is 2. The highest BCUT2D eigenvalue weighted by atomic mass is 19.1. The second kappa shape index (κ2) is 6.60. The van der Waals surface area contributed by atoms with Crippen molar-refractivity contribution in [1.29, 1.82) is 0 Å². The number of ether oxygens (including phenoxy) is 2. The molecule has 1 aromatic rings. The van der Waals surface area contributed by atoms with E-state index in [-0.39, 0.29) is 11.7 Å². The number of carbonyl (C=O) groups is 3. The van der Waals surface area contributed by atoms with Crippen LogP contribution in [0, 0.1) is 29.5 Å². The molecule has 3 aliphatic heterocycles. The van der Waals surface area contributed by atoms with Gasteiger partial charge in [-0.1, -0.05) is 18.1 Å². The molecule has 0 radical (unpaired) electrons. The first kappa shape index (κ1) is 18.4. The zero-order valence-corrected chi connectivity index (χ0v) is 15.5. The number of halogens is 1. The zero-order chi connectivity index (χ0) is 20.1. The van der Waals surface area contributed by atoms with Crippen molar-refractivity contribution < 1.29 is 28.2 Å². The molecule has 1 amide bonds. The highest BCUT2D eigenvalue weighted by Crippen LogP contribution is 2.58. The van der Waals surface area contributed by atoms with Gasteiger partial charge in [-0.25, -0.2) is 9.18 Å². The molecule has 146 valence electrons. The predicted octanol–water partition coefficient (Wildman–Crippen LogP) is 1.03. The summed E-state index contributed by atoms with van der Waals surface area (Å²) in [6, 6.07) is 4.19. The Balaban J connectivity index is 1.94. The molecule has 0 aliphatic carbocycles. The van der Waals surface area contributed by atoms with E-state index >= 15 is 0 Å². The summed E-state index contributed by atoms with van der Waals surface area (Å²) < 4.78 is 24.0. The minimum absolute atomic E-state index is 0.0774. The minimum Gasteiger partial charge on any atom is -0.469 e. The van der Waals surface area contributed by atoms with Gasteiger partial charge >= 0.3 is 11.9 Å². The fraction of sp³-hybridized carbons (Fsp3) is 0.450. The number of nitrogens with one attached hydrogen (secondary N) is 1. The molecular formula is C20H19FN2O5. The number of hydrogen-bond donors (Lipinski definition) is 1. The van der Waals surface area contributed by atoms with Crippen LogP contribution in [-0.4, -0.2) is 49.6 Å². The number of fused-ring (bicyclic) bond motifs is 4. The van der Waals surface area contributed by atoms with E-state index in [1.807, 2.05) is 4.90 Å². The van der Waals surface area contributed by atoms with E-state index < -0.39 is 41.0 Å². The van der Waals surface area contributed by atoms with Crippen LogP contribution in [-0.2, 0) is 29.4 Å². The van der Waals surface area contributed by atoms with Crippen LogP contribution in [0.2, 0.25) is 0 Å². The van der Waals surface area contributed by atoms with Crippen molar-refractivity contribution >= 4 is 23.5 Å². The van der Waals surface area contributed by atoms with Crippen molar-refractivity contribution in [3.05, 3.63) is 29.6 Å². The van der Waals surface area contributed by atoms with Crippen molar-refractivity contribution in [2.75, 3.05) is 26.1 Å². The fourth-order valence-electron chi connectivity index (χ4n) is 4.98. The molecule has 1 spiro atoms. The summed E-state index contributed by atoms with van der Waals surface area (Å²) >= 11 is 0. The van der Waals surface area contributed by atoms with E-state index in [9.17, 15) is 18.8 Å². The molecule has 2 saturated heterocycles. The lowest BCUT2D eigenvalue weighted by molar-refractivity contribution is -0.153. The van der Waals surface area contributed by atoms with Gasteiger partial charge in [0.15, 0.2) is 0 Å². The summed E-state index contributed by atoms with van der Waals surface area (Å²) in [6.45, 7) is 0.554. The molecule has 7 nitrogen and oxygen atoms in total. The largest absolute Gasteiger partial charge is 0.469 e. The molecule has 0 aromatic heterocycles. The summed E-state index contributed by atoms with van der Waals surface area (Å²) in [5.41, 5.74) is -0.933. The number of nitrogens with zero attached hydrogens (tertiary/aromatic N) is 1. The molecule has 4 unspecified atom stereocenters. The van der Waals surface area contributed by atoms with Gasteiger partial charge in [0.05, 0.1) is 25.8 Å². The van der Waals surface area contributed by atoms with Crippen molar-refractivity contribution in [2.24, 2.45) is 11.8 Å². The average molecular weight is 386 g/mol. The number of benzene rings is 1. The molecule has 2 fully saturated rings. The lowest BCUT2D eigenvalue weighted by atomic mass is 9.74. The van der Waals surface area contributed by atoms with Gasteiger partial charge in [0.1, 0.15) is 17.3 Å². The van der Waals surface area contributed by atoms with E-state index in [2.05, 4.69) is 21.9 Å². The third-order valence-corrected chi connectivity index (χ3v) is 5.97. The van der Waals surface area contributed by atoms with Gasteiger partial charge in [0.2, 0.25) is 0 Å². The predicted molar refractivity (Wildman–Crippen MR) is 95.2 cm³/mol. The number of para-hydroxylation sites is 1. The van der Waals surface area contributed by atoms with Crippen LogP contribution >= 0.6 is 0 Å². The number of methoxy groups -OCH3 is 2. The highest BCUT2D eigenvalue weighted by Gasteiger charge is 2.70. The Hall–Kier alpha value is -2.92. The first-order chi connectivity index (χ1) is 13.5. The molecule has 4 rings (SSSR count). The Morgan fingerprint density at radius 3 is 2.82 bits per heavy atom. The van der Waals surface area contributed by atoms with Crippen molar-refractivity contribution in [3.8, 4) is 11.8 Å². The summed E-state index contributed by atoms with van der Waals surface area (Å²) in [5, 5.41) is 2.61. The zero-order valence-electron chi connectivity index (χ0n) is 15.5. The molecule has 3 heterocycles. The number of carbonyl (C=O) groups excluding carboxylic acids is 3. The number of rotatable bonds is 1. The molecule has 4 atom stereocenters. The highest BCUT2D eigenvalue weighted by molar-refractivity contribution is 6.09. The van der Waals surface area contributed by atoms with E-state index in [1.54, 1.807) is 6.07 Å². The Morgan fingerprint density at radius 1 is 1.32 bits per heavy atom. The van der Waals surface area contributed by atoms with Gasteiger partial charge in [-0.3, -0.25) is 14.5 Å². The normalized spacial score (nSPS) is 30.2. The first-order valence-corrected chi connectivity index (χ1v) is 9.01. The van der Waals surface area contributed by atoms with Gasteiger partial charge in [-0.2, -0.15) is 0 Å². The van der Waals surface area contributed by atoms with Crippen molar-refractivity contribution in [1.82, 2.24) is 4.90 Å². The van der Waals surface area contributed by atoms with Crippen molar-refractivity contribution in [2.45, 2.75) is 24.4 Å². The third-order valence-electron chi connectivity index (χ3n) is 5.97. The van der Waals surface area contributed by atoms with E-state index in [4.69, 9.17) is 4.74 Å².